The first-order valence-electron chi connectivity index (χ1n) is 12.8. The van der Waals surface area contributed by atoms with Crippen molar-refractivity contribution in [3.8, 4) is 5.75 Å². The summed E-state index contributed by atoms with van der Waals surface area (Å²) in [7, 11) is 3.08. The Morgan fingerprint density at radius 1 is 1.17 bits per heavy atom. The number of methoxy groups -OCH3 is 1. The largest absolute Gasteiger partial charge is 0.496 e. The number of hydrogen-bond acceptors (Lipinski definition) is 8. The number of aryl methyl sites for hydroxylation is 2. The van der Waals surface area contributed by atoms with Gasteiger partial charge in [0.15, 0.2) is 0 Å². The van der Waals surface area contributed by atoms with Crippen LogP contribution in [0.5, 0.6) is 5.75 Å². The highest BCUT2D eigenvalue weighted by molar-refractivity contribution is 5.78. The zero-order valence-corrected chi connectivity index (χ0v) is 24.6. The normalized spacial score (nSPS) is 12.0. The van der Waals surface area contributed by atoms with Gasteiger partial charge in [0.25, 0.3) is 0 Å². The fourth-order valence-corrected chi connectivity index (χ4v) is 3.92. The van der Waals surface area contributed by atoms with E-state index >= 15 is 0 Å². The monoisotopic (exact) mass is 575 g/mol. The summed E-state index contributed by atoms with van der Waals surface area (Å²) in [5.41, 5.74) is 15.9. The number of halogens is 3. The van der Waals surface area contributed by atoms with Gasteiger partial charge in [-0.25, -0.2) is 5.84 Å². The summed E-state index contributed by atoms with van der Waals surface area (Å²) in [6.45, 7) is 10.9. The maximum atomic E-state index is 13.0. The second-order valence-electron chi connectivity index (χ2n) is 10.8. The number of anilines is 2. The third-order valence-electron chi connectivity index (χ3n) is 6.14. The zero-order valence-electron chi connectivity index (χ0n) is 24.6. The lowest BCUT2D eigenvalue weighted by molar-refractivity contribution is -0.138. The van der Waals surface area contributed by atoms with Crippen molar-refractivity contribution in [1.29, 1.82) is 0 Å². The lowest BCUT2D eigenvalue weighted by Gasteiger charge is -2.21. The molecule has 0 aliphatic heterocycles. The number of rotatable bonds is 8. The summed E-state index contributed by atoms with van der Waals surface area (Å²) in [5, 5.41) is 8.69. The molecule has 1 aromatic heterocycles. The maximum Gasteiger partial charge on any atom is 0.420 e. The predicted octanol–water partition coefficient (Wildman–Crippen LogP) is 4.92. The number of nitrogens with one attached hydrogen (secondary N) is 1. The molecular weight excluding hydrogens is 535 g/mol. The second-order valence-corrected chi connectivity index (χ2v) is 10.8. The van der Waals surface area contributed by atoms with Crippen molar-refractivity contribution in [1.82, 2.24) is 15.1 Å². The summed E-state index contributed by atoms with van der Waals surface area (Å²) < 4.78 is 45.5. The molecule has 0 saturated heterocycles. The van der Waals surface area contributed by atoms with Crippen LogP contribution in [0.25, 0.3) is 5.70 Å². The molecule has 0 fully saturated rings. The molecule has 0 atom stereocenters. The molecule has 41 heavy (non-hydrogen) atoms. The maximum absolute atomic E-state index is 13.0. The zero-order chi connectivity index (χ0) is 31.1. The van der Waals surface area contributed by atoms with E-state index in [4.69, 9.17) is 22.0 Å². The average Bonchev–Trinajstić information content (AvgIpc) is 3.21. The van der Waals surface area contributed by atoms with E-state index in [2.05, 4.69) is 10.4 Å². The van der Waals surface area contributed by atoms with Gasteiger partial charge in [0.1, 0.15) is 12.0 Å². The molecule has 0 bridgehead atoms. The van der Waals surface area contributed by atoms with E-state index in [1.165, 1.54) is 18.2 Å². The molecule has 2 aromatic carbocycles. The standard InChI is InChI=1S/C15H19N5O.C14H21F3N2O/c1-10-4-5-12(9-21)6-15(10)20(17)8-14(16)13-7-18-19(3)11(13)2;1-13(2,3)8-19-7-9-5-10(18)6-11(12(9)20-4)14(15,16)17/h4-9H,16-17H2,1-3H3;5-6,19H,7-8,18H2,1-4H3/b14-8-;. The molecule has 224 valence electrons. The molecule has 1 heterocycles. The molecule has 7 N–H and O–H groups in total. The molecule has 0 aliphatic rings. The van der Waals surface area contributed by atoms with Gasteiger partial charge >= 0.3 is 6.18 Å². The van der Waals surface area contributed by atoms with Crippen molar-refractivity contribution in [2.24, 2.45) is 24.0 Å². The first-order chi connectivity index (χ1) is 19.0. The fourth-order valence-electron chi connectivity index (χ4n) is 3.92. The first-order valence-corrected chi connectivity index (χ1v) is 12.8. The van der Waals surface area contributed by atoms with E-state index in [9.17, 15) is 18.0 Å². The molecule has 3 rings (SSSR count). The van der Waals surface area contributed by atoms with Gasteiger partial charge in [0.05, 0.1) is 30.3 Å². The number of ether oxygens (including phenoxy) is 1. The Balaban J connectivity index is 0.000000287. The fraction of sp³-hybridized carbons (Fsp3) is 0.379. The van der Waals surface area contributed by atoms with Crippen LogP contribution in [0.2, 0.25) is 0 Å². The number of benzene rings is 2. The minimum Gasteiger partial charge on any atom is -0.496 e. The average molecular weight is 576 g/mol. The van der Waals surface area contributed by atoms with Gasteiger partial charge in [-0.3, -0.25) is 14.5 Å². The number of alkyl halides is 3. The van der Waals surface area contributed by atoms with Crippen molar-refractivity contribution in [3.05, 3.63) is 76.2 Å². The SMILES string of the molecule is COc1c(CNCC(C)(C)C)cc(N)cc1C(F)(F)F.Cc1ccc(C=O)cc1N(N)/C=C(\N)c1cnn(C)c1C. The molecular formula is C29H40F3N7O2. The quantitative estimate of drug-likeness (QED) is 0.129. The molecule has 0 saturated carbocycles. The number of carbonyl (C=O) groups is 1. The van der Waals surface area contributed by atoms with Crippen LogP contribution in [-0.2, 0) is 19.8 Å². The van der Waals surface area contributed by atoms with Crippen LogP contribution >= 0.6 is 0 Å². The lowest BCUT2D eigenvalue weighted by Crippen LogP contribution is -2.26. The van der Waals surface area contributed by atoms with E-state index in [-0.39, 0.29) is 23.4 Å². The molecule has 3 aromatic rings. The van der Waals surface area contributed by atoms with Crippen LogP contribution in [0.4, 0.5) is 24.5 Å². The Kier molecular flexibility index (Phi) is 11.0. The van der Waals surface area contributed by atoms with Crippen LogP contribution < -0.4 is 32.4 Å². The van der Waals surface area contributed by atoms with Crippen LogP contribution in [0.1, 0.15) is 59.1 Å². The third kappa shape index (κ3) is 9.25. The number of carbonyl (C=O) groups excluding carboxylic acids is 1. The van der Waals surface area contributed by atoms with Crippen molar-refractivity contribution in [2.45, 2.75) is 47.3 Å². The van der Waals surface area contributed by atoms with Crippen LogP contribution in [0, 0.1) is 19.3 Å². The van der Waals surface area contributed by atoms with Crippen LogP contribution in [0.15, 0.2) is 42.7 Å². The molecule has 12 heteroatoms. The Bertz CT molecular complexity index is 1380. The van der Waals surface area contributed by atoms with Crippen molar-refractivity contribution < 1.29 is 22.7 Å². The number of aromatic nitrogens is 2. The van der Waals surface area contributed by atoms with E-state index in [0.717, 1.165) is 34.9 Å². The van der Waals surface area contributed by atoms with Gasteiger partial charge in [0.2, 0.25) is 0 Å². The Morgan fingerprint density at radius 3 is 2.34 bits per heavy atom. The highest BCUT2D eigenvalue weighted by Gasteiger charge is 2.35. The van der Waals surface area contributed by atoms with Gasteiger partial charge in [0, 0.05) is 54.4 Å². The van der Waals surface area contributed by atoms with E-state index < -0.39 is 11.7 Å². The number of nitrogens with zero attached hydrogens (tertiary/aromatic N) is 3. The minimum absolute atomic E-state index is 0.0421. The number of aldehydes is 1. The number of hydrazine groups is 1. The molecule has 0 radical (unpaired) electrons. The number of nitrogens with two attached hydrogens (primary N) is 3. The molecule has 0 aliphatic carbocycles. The highest BCUT2D eigenvalue weighted by Crippen LogP contribution is 2.39. The summed E-state index contributed by atoms with van der Waals surface area (Å²) in [4.78, 5) is 10.9. The van der Waals surface area contributed by atoms with Crippen molar-refractivity contribution in [2.75, 3.05) is 24.4 Å². The minimum atomic E-state index is -4.49. The molecule has 0 amide bonds. The summed E-state index contributed by atoms with van der Waals surface area (Å²) in [6.07, 6.45) is -0.376. The van der Waals surface area contributed by atoms with Gasteiger partial charge in [-0.1, -0.05) is 32.9 Å². The molecule has 0 unspecified atom stereocenters. The molecule has 0 spiro atoms. The lowest BCUT2D eigenvalue weighted by atomic mass is 9.97. The van der Waals surface area contributed by atoms with Gasteiger partial charge in [-0.2, -0.15) is 18.3 Å². The van der Waals surface area contributed by atoms with Crippen molar-refractivity contribution in [3.63, 3.8) is 0 Å². The summed E-state index contributed by atoms with van der Waals surface area (Å²) in [5.74, 6) is 5.88. The van der Waals surface area contributed by atoms with Gasteiger partial charge < -0.3 is 21.5 Å². The third-order valence-corrected chi connectivity index (χ3v) is 6.14. The second kappa shape index (κ2) is 13.6. The van der Waals surface area contributed by atoms with Gasteiger partial charge in [-0.05, 0) is 43.0 Å². The van der Waals surface area contributed by atoms with Gasteiger partial charge in [-0.15, -0.1) is 0 Å². The smallest absolute Gasteiger partial charge is 0.420 e. The predicted molar refractivity (Wildman–Crippen MR) is 157 cm³/mol. The Labute approximate surface area is 239 Å². The van der Waals surface area contributed by atoms with Crippen molar-refractivity contribution >= 4 is 23.4 Å². The van der Waals surface area contributed by atoms with Crippen LogP contribution in [0.3, 0.4) is 0 Å². The highest BCUT2D eigenvalue weighted by atomic mass is 19.4. The molecule has 9 nitrogen and oxygen atoms in total. The number of nitrogen functional groups attached to an aromatic ring is 1. The van der Waals surface area contributed by atoms with E-state index in [1.54, 1.807) is 29.2 Å². The summed E-state index contributed by atoms with van der Waals surface area (Å²) in [6, 6.07) is 7.72. The Hall–Kier alpha value is -4.03. The number of hydrogen-bond donors (Lipinski definition) is 4. The Morgan fingerprint density at radius 2 is 1.83 bits per heavy atom. The topological polar surface area (TPSA) is 137 Å². The first kappa shape index (κ1) is 33.2. The summed E-state index contributed by atoms with van der Waals surface area (Å²) >= 11 is 0. The van der Waals surface area contributed by atoms with E-state index in [0.29, 0.717) is 23.4 Å². The van der Waals surface area contributed by atoms with E-state index in [1.807, 2.05) is 47.7 Å². The van der Waals surface area contributed by atoms with Crippen LogP contribution in [-0.4, -0.2) is 29.7 Å².